The number of esters is 1. The van der Waals surface area contributed by atoms with Crippen molar-refractivity contribution < 1.29 is 23.8 Å². The van der Waals surface area contributed by atoms with Gasteiger partial charge in [-0.05, 0) is 61.6 Å². The summed E-state index contributed by atoms with van der Waals surface area (Å²) >= 11 is 0. The standard InChI is InChI=1S/C24H27NO5/c1-16(24(27)25-21-10-6-8-17-7-4-5-9-20(17)21)30-23(26)14-11-18-15-19(28-2)12-13-22(18)29-3/h4-5,7,9,11-16,21H,6,8,10H2,1-3H3,(H,25,27)/b14-11+/t16-,21-/m1/s1. The molecule has 6 nitrogen and oxygen atoms in total. The first-order valence-corrected chi connectivity index (χ1v) is 10.0. The molecule has 6 heteroatoms. The highest BCUT2D eigenvalue weighted by molar-refractivity contribution is 5.90. The van der Waals surface area contributed by atoms with Gasteiger partial charge in [0.2, 0.25) is 0 Å². The first-order chi connectivity index (χ1) is 14.5. The van der Waals surface area contributed by atoms with Crippen LogP contribution in [0.1, 0.15) is 42.5 Å². The Labute approximate surface area is 176 Å². The number of methoxy groups -OCH3 is 2. The molecule has 0 spiro atoms. The fourth-order valence-corrected chi connectivity index (χ4v) is 3.59. The van der Waals surface area contributed by atoms with E-state index in [0.29, 0.717) is 17.1 Å². The fraction of sp³-hybridized carbons (Fsp3) is 0.333. The Morgan fingerprint density at radius 3 is 2.70 bits per heavy atom. The summed E-state index contributed by atoms with van der Waals surface area (Å²) in [7, 11) is 3.11. The van der Waals surface area contributed by atoms with Crippen LogP contribution >= 0.6 is 0 Å². The Bertz CT molecular complexity index is 937. The second-order valence-electron chi connectivity index (χ2n) is 7.17. The van der Waals surface area contributed by atoms with Crippen molar-refractivity contribution in [2.45, 2.75) is 38.3 Å². The van der Waals surface area contributed by atoms with E-state index in [0.717, 1.165) is 24.8 Å². The Morgan fingerprint density at radius 2 is 1.93 bits per heavy atom. The average molecular weight is 409 g/mol. The number of hydrogen-bond donors (Lipinski definition) is 1. The van der Waals surface area contributed by atoms with Gasteiger partial charge in [0.15, 0.2) is 6.10 Å². The summed E-state index contributed by atoms with van der Waals surface area (Å²) in [6.45, 7) is 1.57. The van der Waals surface area contributed by atoms with Crippen LogP contribution in [0.25, 0.3) is 6.08 Å². The first-order valence-electron chi connectivity index (χ1n) is 10.0. The summed E-state index contributed by atoms with van der Waals surface area (Å²) in [5.74, 6) is 0.329. The van der Waals surface area contributed by atoms with Crippen molar-refractivity contribution in [2.24, 2.45) is 0 Å². The van der Waals surface area contributed by atoms with Crippen molar-refractivity contribution in [2.75, 3.05) is 14.2 Å². The van der Waals surface area contributed by atoms with Gasteiger partial charge in [-0.2, -0.15) is 0 Å². The Balaban J connectivity index is 1.59. The maximum absolute atomic E-state index is 12.6. The van der Waals surface area contributed by atoms with Gasteiger partial charge in [0.1, 0.15) is 11.5 Å². The third kappa shape index (κ3) is 5.20. The maximum Gasteiger partial charge on any atom is 0.331 e. The Morgan fingerprint density at radius 1 is 1.13 bits per heavy atom. The van der Waals surface area contributed by atoms with Crippen LogP contribution in [-0.4, -0.2) is 32.2 Å². The second-order valence-corrected chi connectivity index (χ2v) is 7.17. The smallest absolute Gasteiger partial charge is 0.331 e. The predicted octanol–water partition coefficient (Wildman–Crippen LogP) is 3.84. The molecule has 1 N–H and O–H groups in total. The van der Waals surface area contributed by atoms with Crippen LogP contribution in [0.2, 0.25) is 0 Å². The molecule has 0 aliphatic heterocycles. The summed E-state index contributed by atoms with van der Waals surface area (Å²) in [5, 5.41) is 3.01. The summed E-state index contributed by atoms with van der Waals surface area (Å²) in [5.41, 5.74) is 3.07. The van der Waals surface area contributed by atoms with E-state index in [4.69, 9.17) is 14.2 Å². The molecule has 0 saturated carbocycles. The molecule has 30 heavy (non-hydrogen) atoms. The van der Waals surface area contributed by atoms with E-state index in [9.17, 15) is 9.59 Å². The van der Waals surface area contributed by atoms with Crippen molar-refractivity contribution in [3.05, 3.63) is 65.2 Å². The molecule has 0 saturated heterocycles. The molecule has 2 aromatic rings. The first kappa shape index (κ1) is 21.4. The number of ether oxygens (including phenoxy) is 3. The zero-order chi connectivity index (χ0) is 21.5. The summed E-state index contributed by atoms with van der Waals surface area (Å²) in [6.07, 6.45) is 4.86. The SMILES string of the molecule is COc1ccc(OC)c(/C=C/C(=O)O[C@H](C)C(=O)N[C@@H]2CCCc3ccccc32)c1. The van der Waals surface area contributed by atoms with Gasteiger partial charge in [-0.25, -0.2) is 4.79 Å². The Kier molecular flexibility index (Phi) is 7.12. The largest absolute Gasteiger partial charge is 0.497 e. The van der Waals surface area contributed by atoms with Gasteiger partial charge in [0.25, 0.3) is 5.91 Å². The molecular formula is C24H27NO5. The zero-order valence-electron chi connectivity index (χ0n) is 17.5. The number of aryl methyl sites for hydroxylation is 1. The van der Waals surface area contributed by atoms with Gasteiger partial charge in [-0.3, -0.25) is 4.79 Å². The highest BCUT2D eigenvalue weighted by atomic mass is 16.5. The van der Waals surface area contributed by atoms with Crippen molar-refractivity contribution >= 4 is 18.0 Å². The molecule has 0 unspecified atom stereocenters. The summed E-state index contributed by atoms with van der Waals surface area (Å²) < 4.78 is 15.8. The predicted molar refractivity (Wildman–Crippen MR) is 114 cm³/mol. The highest BCUT2D eigenvalue weighted by Crippen LogP contribution is 2.29. The van der Waals surface area contributed by atoms with Crippen LogP contribution in [0.4, 0.5) is 0 Å². The summed E-state index contributed by atoms with van der Waals surface area (Å²) in [4.78, 5) is 24.8. The molecule has 3 rings (SSSR count). The van der Waals surface area contributed by atoms with Crippen LogP contribution in [-0.2, 0) is 20.7 Å². The maximum atomic E-state index is 12.6. The van der Waals surface area contributed by atoms with Crippen LogP contribution in [0.15, 0.2) is 48.5 Å². The molecule has 158 valence electrons. The molecule has 2 aromatic carbocycles. The summed E-state index contributed by atoms with van der Waals surface area (Å²) in [6, 6.07) is 13.3. The van der Waals surface area contributed by atoms with Gasteiger partial charge in [0, 0.05) is 11.6 Å². The molecule has 0 radical (unpaired) electrons. The third-order valence-corrected chi connectivity index (χ3v) is 5.18. The number of nitrogens with one attached hydrogen (secondary N) is 1. The van der Waals surface area contributed by atoms with Crippen LogP contribution in [0, 0.1) is 0 Å². The van der Waals surface area contributed by atoms with Crippen molar-refractivity contribution in [3.8, 4) is 11.5 Å². The second kappa shape index (κ2) is 9.96. The number of carbonyl (C=O) groups excluding carboxylic acids is 2. The lowest BCUT2D eigenvalue weighted by molar-refractivity contribution is -0.150. The molecule has 0 fully saturated rings. The fourth-order valence-electron chi connectivity index (χ4n) is 3.59. The van der Waals surface area contributed by atoms with Gasteiger partial charge < -0.3 is 19.5 Å². The van der Waals surface area contributed by atoms with Crippen molar-refractivity contribution in [3.63, 3.8) is 0 Å². The zero-order valence-corrected chi connectivity index (χ0v) is 17.5. The van der Waals surface area contributed by atoms with E-state index in [1.54, 1.807) is 45.4 Å². The normalized spacial score (nSPS) is 16.4. The molecule has 2 atom stereocenters. The van der Waals surface area contributed by atoms with Crippen LogP contribution in [0.3, 0.4) is 0 Å². The highest BCUT2D eigenvalue weighted by Gasteiger charge is 2.24. The lowest BCUT2D eigenvalue weighted by Crippen LogP contribution is -2.39. The molecule has 1 aliphatic rings. The monoisotopic (exact) mass is 409 g/mol. The average Bonchev–Trinajstić information content (AvgIpc) is 2.77. The lowest BCUT2D eigenvalue weighted by atomic mass is 9.87. The van der Waals surface area contributed by atoms with E-state index >= 15 is 0 Å². The lowest BCUT2D eigenvalue weighted by Gasteiger charge is -2.27. The molecule has 0 bridgehead atoms. The number of carbonyl (C=O) groups is 2. The minimum absolute atomic E-state index is 0.0554. The van der Waals surface area contributed by atoms with Crippen molar-refractivity contribution in [1.29, 1.82) is 0 Å². The van der Waals surface area contributed by atoms with E-state index < -0.39 is 12.1 Å². The van der Waals surface area contributed by atoms with Gasteiger partial charge in [0.05, 0.1) is 20.3 Å². The molecule has 0 heterocycles. The minimum atomic E-state index is -0.900. The quantitative estimate of drug-likeness (QED) is 0.556. The number of fused-ring (bicyclic) bond motifs is 1. The van der Waals surface area contributed by atoms with E-state index in [-0.39, 0.29) is 11.9 Å². The third-order valence-electron chi connectivity index (χ3n) is 5.18. The number of rotatable bonds is 7. The molecular weight excluding hydrogens is 382 g/mol. The van der Waals surface area contributed by atoms with E-state index in [1.165, 1.54) is 11.6 Å². The van der Waals surface area contributed by atoms with Crippen LogP contribution in [0.5, 0.6) is 11.5 Å². The van der Waals surface area contributed by atoms with Gasteiger partial charge in [-0.15, -0.1) is 0 Å². The number of hydrogen-bond acceptors (Lipinski definition) is 5. The molecule has 1 aliphatic carbocycles. The van der Waals surface area contributed by atoms with E-state index in [2.05, 4.69) is 11.4 Å². The Hall–Kier alpha value is -3.28. The topological polar surface area (TPSA) is 73.9 Å². The van der Waals surface area contributed by atoms with Crippen LogP contribution < -0.4 is 14.8 Å². The minimum Gasteiger partial charge on any atom is -0.497 e. The molecule has 1 amide bonds. The van der Waals surface area contributed by atoms with Gasteiger partial charge in [-0.1, -0.05) is 24.3 Å². The number of benzene rings is 2. The molecule has 0 aromatic heterocycles. The number of amides is 1. The van der Waals surface area contributed by atoms with Crippen molar-refractivity contribution in [1.82, 2.24) is 5.32 Å². The van der Waals surface area contributed by atoms with E-state index in [1.807, 2.05) is 18.2 Å². The van der Waals surface area contributed by atoms with Gasteiger partial charge >= 0.3 is 5.97 Å².